The largest absolute Gasteiger partial charge is 0.494 e. The van der Waals surface area contributed by atoms with E-state index in [0.29, 0.717) is 23.6 Å². The number of rotatable bonds is 6. The van der Waals surface area contributed by atoms with Gasteiger partial charge in [0.25, 0.3) is 0 Å². The first-order valence-electron chi connectivity index (χ1n) is 9.50. The molecule has 1 aliphatic rings. The van der Waals surface area contributed by atoms with Crippen molar-refractivity contribution >= 4 is 21.4 Å². The fourth-order valence-corrected chi connectivity index (χ4v) is 4.65. The summed E-state index contributed by atoms with van der Waals surface area (Å²) in [5.74, 6) is 0.763. The number of aliphatic hydroxyl groups excluding tert-OH is 3. The summed E-state index contributed by atoms with van der Waals surface area (Å²) in [7, 11) is -3.83. The summed E-state index contributed by atoms with van der Waals surface area (Å²) in [5.41, 5.74) is 0.524. The summed E-state index contributed by atoms with van der Waals surface area (Å²) < 4.78 is 34.9. The first-order valence-corrected chi connectivity index (χ1v) is 11.8. The highest BCUT2D eigenvalue weighted by Gasteiger charge is 2.48. The molecule has 30 heavy (non-hydrogen) atoms. The van der Waals surface area contributed by atoms with Gasteiger partial charge >= 0.3 is 0 Å². The number of aliphatic hydroxyl groups is 3. The van der Waals surface area contributed by atoms with Crippen LogP contribution in [-0.2, 0) is 21.0 Å². The van der Waals surface area contributed by atoms with Gasteiger partial charge in [0.05, 0.1) is 6.61 Å². The topological polar surface area (TPSA) is 113 Å². The molecule has 0 amide bonds. The zero-order chi connectivity index (χ0) is 22.1. The predicted octanol–water partition coefficient (Wildman–Crippen LogP) is 1.85. The second-order valence-electron chi connectivity index (χ2n) is 7.33. The molecule has 0 aromatic heterocycles. The Morgan fingerprint density at radius 3 is 2.30 bits per heavy atom. The molecule has 7 nitrogen and oxygen atoms in total. The monoisotopic (exact) mass is 456 g/mol. The van der Waals surface area contributed by atoms with Crippen molar-refractivity contribution in [2.75, 3.05) is 12.9 Å². The number of ether oxygens (including phenoxy) is 2. The fraction of sp³-hybridized carbons (Fsp3) is 0.429. The minimum atomic E-state index is -3.83. The molecular weight excluding hydrogens is 432 g/mol. The normalized spacial score (nSPS) is 27.1. The van der Waals surface area contributed by atoms with Gasteiger partial charge in [-0.15, -0.1) is 0 Å². The van der Waals surface area contributed by atoms with Crippen molar-refractivity contribution in [3.63, 3.8) is 0 Å². The lowest BCUT2D eigenvalue weighted by molar-refractivity contribution is -0.202. The lowest BCUT2D eigenvalue weighted by atomic mass is 9.92. The maximum absolute atomic E-state index is 12.0. The quantitative estimate of drug-likeness (QED) is 0.607. The SMILES string of the molecule is CCOc1ccc(Cc2cc([C@@H]3O[C@H](S(C)(=O)=O)[C@@H](O)[C@H](O)[C@H]3O)ccc2Cl)cc1. The molecule has 0 bridgehead atoms. The van der Waals surface area contributed by atoms with Gasteiger partial charge in [0.15, 0.2) is 15.3 Å². The van der Waals surface area contributed by atoms with Crippen molar-refractivity contribution in [3.05, 3.63) is 64.2 Å². The Kier molecular flexibility index (Phi) is 7.06. The molecule has 3 rings (SSSR count). The molecule has 1 heterocycles. The Labute approximate surface area is 180 Å². The molecule has 0 aliphatic carbocycles. The van der Waals surface area contributed by atoms with Crippen LogP contribution in [0.2, 0.25) is 5.02 Å². The summed E-state index contributed by atoms with van der Waals surface area (Å²) in [6, 6.07) is 12.5. The molecule has 1 aliphatic heterocycles. The van der Waals surface area contributed by atoms with Gasteiger partial charge in [-0.05, 0) is 48.2 Å². The van der Waals surface area contributed by atoms with Crippen molar-refractivity contribution < 1.29 is 33.2 Å². The van der Waals surface area contributed by atoms with Crippen LogP contribution in [0.4, 0.5) is 0 Å². The number of halogens is 1. The van der Waals surface area contributed by atoms with Crippen LogP contribution in [0, 0.1) is 0 Å². The summed E-state index contributed by atoms with van der Waals surface area (Å²) in [4.78, 5) is 0. The van der Waals surface area contributed by atoms with Crippen molar-refractivity contribution in [1.82, 2.24) is 0 Å². The molecule has 9 heteroatoms. The smallest absolute Gasteiger partial charge is 0.187 e. The van der Waals surface area contributed by atoms with Gasteiger partial charge in [-0.2, -0.15) is 0 Å². The Morgan fingerprint density at radius 1 is 1.03 bits per heavy atom. The molecule has 164 valence electrons. The van der Waals surface area contributed by atoms with E-state index in [1.54, 1.807) is 18.2 Å². The molecule has 1 saturated heterocycles. The number of sulfone groups is 1. The van der Waals surface area contributed by atoms with Gasteiger partial charge in [0.1, 0.15) is 30.2 Å². The zero-order valence-electron chi connectivity index (χ0n) is 16.6. The highest BCUT2D eigenvalue weighted by atomic mass is 35.5. The second kappa shape index (κ2) is 9.21. The van der Waals surface area contributed by atoms with E-state index in [9.17, 15) is 23.7 Å². The van der Waals surface area contributed by atoms with E-state index in [4.69, 9.17) is 21.1 Å². The average molecular weight is 457 g/mol. The third kappa shape index (κ3) is 4.96. The Morgan fingerprint density at radius 2 is 1.70 bits per heavy atom. The van der Waals surface area contributed by atoms with Gasteiger partial charge in [0, 0.05) is 11.3 Å². The van der Waals surface area contributed by atoms with Crippen molar-refractivity contribution in [1.29, 1.82) is 0 Å². The maximum Gasteiger partial charge on any atom is 0.187 e. The van der Waals surface area contributed by atoms with Gasteiger partial charge in [0.2, 0.25) is 0 Å². The predicted molar refractivity (Wildman–Crippen MR) is 112 cm³/mol. The Balaban J connectivity index is 1.88. The van der Waals surface area contributed by atoms with Crippen molar-refractivity contribution in [3.8, 4) is 5.75 Å². The average Bonchev–Trinajstić information content (AvgIpc) is 2.69. The second-order valence-corrected chi connectivity index (χ2v) is 9.86. The molecule has 2 aromatic carbocycles. The molecule has 0 saturated carbocycles. The summed E-state index contributed by atoms with van der Waals surface area (Å²) in [5, 5.41) is 31.1. The van der Waals surface area contributed by atoms with Crippen LogP contribution in [0.5, 0.6) is 5.75 Å². The number of benzene rings is 2. The summed E-state index contributed by atoms with van der Waals surface area (Å²) >= 11 is 6.34. The first-order chi connectivity index (χ1) is 14.1. The standard InChI is InChI=1S/C21H25ClO7S/c1-3-28-15-7-4-12(5-8-15)10-14-11-13(6-9-16(14)22)20-18(24)17(23)19(25)21(29-20)30(2,26)27/h4-9,11,17-21,23-25H,3,10H2,1-2H3/t17-,18-,19+,20+,21-/m1/s1. The third-order valence-electron chi connectivity index (χ3n) is 5.02. The van der Waals surface area contributed by atoms with E-state index in [2.05, 4.69) is 0 Å². The molecular formula is C21H25ClO7S. The molecule has 3 N–H and O–H groups in total. The van der Waals surface area contributed by atoms with Gasteiger partial charge < -0.3 is 24.8 Å². The number of hydrogen-bond acceptors (Lipinski definition) is 7. The minimum absolute atomic E-state index is 0.451. The molecule has 5 atom stereocenters. The van der Waals surface area contributed by atoms with Crippen LogP contribution in [0.1, 0.15) is 29.7 Å². The van der Waals surface area contributed by atoms with Gasteiger partial charge in [-0.1, -0.05) is 35.9 Å². The minimum Gasteiger partial charge on any atom is -0.494 e. The lowest BCUT2D eigenvalue weighted by Gasteiger charge is -2.40. The fourth-order valence-electron chi connectivity index (χ4n) is 3.47. The van der Waals surface area contributed by atoms with E-state index in [0.717, 1.165) is 23.1 Å². The highest BCUT2D eigenvalue weighted by molar-refractivity contribution is 7.91. The third-order valence-corrected chi connectivity index (χ3v) is 6.62. The van der Waals surface area contributed by atoms with E-state index >= 15 is 0 Å². The van der Waals surface area contributed by atoms with E-state index in [-0.39, 0.29) is 0 Å². The van der Waals surface area contributed by atoms with Crippen LogP contribution in [0.15, 0.2) is 42.5 Å². The summed E-state index contributed by atoms with van der Waals surface area (Å²) in [6.45, 7) is 2.48. The summed E-state index contributed by atoms with van der Waals surface area (Å²) in [6.07, 6.45) is -4.67. The van der Waals surface area contributed by atoms with Gasteiger partial charge in [-0.3, -0.25) is 0 Å². The molecule has 0 unspecified atom stereocenters. The maximum atomic E-state index is 12.0. The van der Waals surface area contributed by atoms with Gasteiger partial charge in [-0.25, -0.2) is 8.42 Å². The van der Waals surface area contributed by atoms with E-state index in [1.807, 2.05) is 31.2 Å². The Hall–Kier alpha value is -1.68. The Bertz CT molecular complexity index is 977. The van der Waals surface area contributed by atoms with E-state index < -0.39 is 39.7 Å². The molecule has 0 spiro atoms. The van der Waals surface area contributed by atoms with Crippen molar-refractivity contribution in [2.24, 2.45) is 0 Å². The van der Waals surface area contributed by atoms with Crippen LogP contribution < -0.4 is 4.74 Å². The van der Waals surface area contributed by atoms with Crippen molar-refractivity contribution in [2.45, 2.75) is 43.2 Å². The highest BCUT2D eigenvalue weighted by Crippen LogP contribution is 2.35. The first kappa shape index (κ1) is 23.0. The lowest BCUT2D eigenvalue weighted by Crippen LogP contribution is -2.56. The molecule has 2 aromatic rings. The van der Waals surface area contributed by atoms with Crippen LogP contribution in [0.25, 0.3) is 0 Å². The van der Waals surface area contributed by atoms with Crippen LogP contribution in [0.3, 0.4) is 0 Å². The molecule has 1 fully saturated rings. The zero-order valence-corrected chi connectivity index (χ0v) is 18.2. The molecule has 0 radical (unpaired) electrons. The number of hydrogen-bond donors (Lipinski definition) is 3. The van der Waals surface area contributed by atoms with E-state index in [1.165, 1.54) is 0 Å². The van der Waals surface area contributed by atoms with Crippen LogP contribution >= 0.6 is 11.6 Å². The van der Waals surface area contributed by atoms with Crippen LogP contribution in [-0.4, -0.2) is 60.3 Å².